The standard InChI is InChI=1S/C13H16F3N3O2/c1-12(2,3)21-11(20)17-6-4-5-9-7-18-10(19-8-9)13(14,15)16/h4-5,7-8H,6H2,1-3H3,(H,17,20). The Morgan fingerprint density at radius 2 is 1.86 bits per heavy atom. The molecule has 0 aliphatic rings. The first-order valence-electron chi connectivity index (χ1n) is 6.10. The second-order valence-corrected chi connectivity index (χ2v) is 5.12. The monoisotopic (exact) mass is 303 g/mol. The molecule has 0 saturated heterocycles. The zero-order valence-electron chi connectivity index (χ0n) is 11.9. The van der Waals surface area contributed by atoms with E-state index in [1.165, 1.54) is 6.08 Å². The number of amides is 1. The lowest BCUT2D eigenvalue weighted by Gasteiger charge is -2.19. The number of nitrogens with zero attached hydrogens (tertiary/aromatic N) is 2. The fourth-order valence-electron chi connectivity index (χ4n) is 1.22. The molecule has 0 aliphatic heterocycles. The van der Waals surface area contributed by atoms with Gasteiger partial charge in [-0.3, -0.25) is 0 Å². The fraction of sp³-hybridized carbons (Fsp3) is 0.462. The summed E-state index contributed by atoms with van der Waals surface area (Å²) in [6.45, 7) is 5.39. The molecule has 8 heteroatoms. The number of rotatable bonds is 3. The molecule has 0 radical (unpaired) electrons. The van der Waals surface area contributed by atoms with Crippen molar-refractivity contribution in [2.24, 2.45) is 0 Å². The van der Waals surface area contributed by atoms with Gasteiger partial charge in [-0.2, -0.15) is 13.2 Å². The van der Waals surface area contributed by atoms with Crippen molar-refractivity contribution in [1.29, 1.82) is 0 Å². The van der Waals surface area contributed by atoms with E-state index in [0.717, 1.165) is 12.4 Å². The Balaban J connectivity index is 2.46. The Morgan fingerprint density at radius 1 is 1.29 bits per heavy atom. The van der Waals surface area contributed by atoms with Gasteiger partial charge in [-0.15, -0.1) is 0 Å². The van der Waals surface area contributed by atoms with E-state index >= 15 is 0 Å². The van der Waals surface area contributed by atoms with Gasteiger partial charge in [-0.25, -0.2) is 14.8 Å². The first-order chi connectivity index (χ1) is 9.58. The van der Waals surface area contributed by atoms with E-state index in [1.807, 2.05) is 0 Å². The number of carbonyl (C=O) groups is 1. The highest BCUT2D eigenvalue weighted by atomic mass is 19.4. The lowest BCUT2D eigenvalue weighted by molar-refractivity contribution is -0.145. The quantitative estimate of drug-likeness (QED) is 0.932. The summed E-state index contributed by atoms with van der Waals surface area (Å²) in [4.78, 5) is 17.7. The normalized spacial score (nSPS) is 12.5. The Morgan fingerprint density at radius 3 is 2.33 bits per heavy atom. The zero-order valence-corrected chi connectivity index (χ0v) is 11.9. The molecular weight excluding hydrogens is 287 g/mol. The lowest BCUT2D eigenvalue weighted by Crippen LogP contribution is -2.32. The average Bonchev–Trinajstić information content (AvgIpc) is 2.32. The van der Waals surface area contributed by atoms with Crippen molar-refractivity contribution in [3.05, 3.63) is 29.9 Å². The van der Waals surface area contributed by atoms with Crippen molar-refractivity contribution in [1.82, 2.24) is 15.3 Å². The molecule has 0 aromatic carbocycles. The number of aromatic nitrogens is 2. The first kappa shape index (κ1) is 16.9. The highest BCUT2D eigenvalue weighted by Crippen LogP contribution is 2.25. The Labute approximate surface area is 120 Å². The van der Waals surface area contributed by atoms with Crippen LogP contribution in [-0.2, 0) is 10.9 Å². The third kappa shape index (κ3) is 6.73. The number of carbonyl (C=O) groups excluding carboxylic acids is 1. The Hall–Kier alpha value is -2.12. The van der Waals surface area contributed by atoms with E-state index in [9.17, 15) is 18.0 Å². The summed E-state index contributed by atoms with van der Waals surface area (Å²) in [5, 5.41) is 2.48. The maximum Gasteiger partial charge on any atom is 0.451 e. The predicted octanol–water partition coefficient (Wildman–Crippen LogP) is 3.03. The van der Waals surface area contributed by atoms with Crippen molar-refractivity contribution in [2.45, 2.75) is 32.5 Å². The maximum atomic E-state index is 12.2. The molecule has 116 valence electrons. The van der Waals surface area contributed by atoms with Crippen LogP contribution in [0.15, 0.2) is 18.5 Å². The summed E-state index contributed by atoms with van der Waals surface area (Å²) in [6.07, 6.45) is 0.0314. The van der Waals surface area contributed by atoms with Crippen LogP contribution in [0.25, 0.3) is 6.08 Å². The summed E-state index contributed by atoms with van der Waals surface area (Å²) in [5.41, 5.74) is -0.191. The fourth-order valence-corrected chi connectivity index (χ4v) is 1.22. The second kappa shape index (κ2) is 6.55. The van der Waals surface area contributed by atoms with Crippen molar-refractivity contribution in [3.63, 3.8) is 0 Å². The molecule has 0 saturated carbocycles. The van der Waals surface area contributed by atoms with Crippen LogP contribution in [0.1, 0.15) is 32.2 Å². The SMILES string of the molecule is CC(C)(C)OC(=O)NCC=Cc1cnc(C(F)(F)F)nc1. The molecule has 5 nitrogen and oxygen atoms in total. The largest absolute Gasteiger partial charge is 0.451 e. The van der Waals surface area contributed by atoms with E-state index in [1.54, 1.807) is 26.8 Å². The van der Waals surface area contributed by atoms with Crippen LogP contribution in [0.4, 0.5) is 18.0 Å². The third-order valence-electron chi connectivity index (χ3n) is 2.00. The molecule has 1 amide bonds. The summed E-state index contributed by atoms with van der Waals surface area (Å²) >= 11 is 0. The molecule has 1 heterocycles. The number of alkyl halides is 3. The molecule has 0 atom stereocenters. The number of ether oxygens (including phenoxy) is 1. The molecule has 21 heavy (non-hydrogen) atoms. The molecule has 1 aromatic heterocycles. The number of nitrogens with one attached hydrogen (secondary N) is 1. The molecule has 0 aliphatic carbocycles. The van der Waals surface area contributed by atoms with E-state index in [-0.39, 0.29) is 6.54 Å². The zero-order chi connectivity index (χ0) is 16.1. The van der Waals surface area contributed by atoms with Gasteiger partial charge in [0.15, 0.2) is 0 Å². The first-order valence-corrected chi connectivity index (χ1v) is 6.10. The summed E-state index contributed by atoms with van der Waals surface area (Å²) in [7, 11) is 0. The number of halogens is 3. The van der Waals surface area contributed by atoms with E-state index in [4.69, 9.17) is 4.74 Å². The van der Waals surface area contributed by atoms with Gasteiger partial charge in [-0.05, 0) is 20.8 Å². The van der Waals surface area contributed by atoms with E-state index < -0.39 is 23.7 Å². The van der Waals surface area contributed by atoms with Crippen molar-refractivity contribution in [2.75, 3.05) is 6.54 Å². The van der Waals surface area contributed by atoms with Crippen LogP contribution < -0.4 is 5.32 Å². The van der Waals surface area contributed by atoms with Crippen LogP contribution in [0.2, 0.25) is 0 Å². The molecule has 0 unspecified atom stereocenters. The van der Waals surface area contributed by atoms with Crippen LogP contribution in [0.3, 0.4) is 0 Å². The van der Waals surface area contributed by atoms with Gasteiger partial charge in [0.1, 0.15) is 5.60 Å². The molecule has 0 fully saturated rings. The van der Waals surface area contributed by atoms with Gasteiger partial charge in [0.2, 0.25) is 5.82 Å². The average molecular weight is 303 g/mol. The van der Waals surface area contributed by atoms with Gasteiger partial charge < -0.3 is 10.1 Å². The lowest BCUT2D eigenvalue weighted by atomic mass is 10.2. The van der Waals surface area contributed by atoms with E-state index in [2.05, 4.69) is 15.3 Å². The minimum absolute atomic E-state index is 0.177. The molecule has 0 bridgehead atoms. The van der Waals surface area contributed by atoms with Gasteiger partial charge >= 0.3 is 12.3 Å². The molecule has 1 N–H and O–H groups in total. The minimum atomic E-state index is -4.56. The smallest absolute Gasteiger partial charge is 0.444 e. The number of hydrogen-bond acceptors (Lipinski definition) is 4. The number of hydrogen-bond donors (Lipinski definition) is 1. The molecular formula is C13H16F3N3O2. The van der Waals surface area contributed by atoms with Gasteiger partial charge in [0, 0.05) is 24.5 Å². The van der Waals surface area contributed by atoms with Gasteiger partial charge in [0.05, 0.1) is 0 Å². The highest BCUT2D eigenvalue weighted by Gasteiger charge is 2.34. The molecule has 1 aromatic rings. The van der Waals surface area contributed by atoms with Crippen LogP contribution in [0, 0.1) is 0 Å². The van der Waals surface area contributed by atoms with Crippen molar-refractivity contribution < 1.29 is 22.7 Å². The van der Waals surface area contributed by atoms with Gasteiger partial charge in [0.25, 0.3) is 0 Å². The number of alkyl carbamates (subject to hydrolysis) is 1. The Kier molecular flexibility index (Phi) is 5.28. The summed E-state index contributed by atoms with van der Waals surface area (Å²) in [6, 6.07) is 0. The highest BCUT2D eigenvalue weighted by molar-refractivity contribution is 5.68. The van der Waals surface area contributed by atoms with Crippen molar-refractivity contribution in [3.8, 4) is 0 Å². The molecule has 0 spiro atoms. The van der Waals surface area contributed by atoms with Crippen molar-refractivity contribution >= 4 is 12.2 Å². The summed E-state index contributed by atoms with van der Waals surface area (Å²) < 4.78 is 41.7. The van der Waals surface area contributed by atoms with Crippen LogP contribution in [-0.4, -0.2) is 28.2 Å². The summed E-state index contributed by atoms with van der Waals surface area (Å²) in [5.74, 6) is -1.19. The van der Waals surface area contributed by atoms with E-state index in [0.29, 0.717) is 5.56 Å². The minimum Gasteiger partial charge on any atom is -0.444 e. The third-order valence-corrected chi connectivity index (χ3v) is 2.00. The van der Waals surface area contributed by atoms with Gasteiger partial charge in [-0.1, -0.05) is 12.2 Å². The maximum absolute atomic E-state index is 12.2. The van der Waals surface area contributed by atoms with Crippen LogP contribution in [0.5, 0.6) is 0 Å². The Bertz CT molecular complexity index is 505. The topological polar surface area (TPSA) is 64.1 Å². The predicted molar refractivity (Wildman–Crippen MR) is 70.3 cm³/mol. The molecule has 1 rings (SSSR count). The van der Waals surface area contributed by atoms with Crippen LogP contribution >= 0.6 is 0 Å². The second-order valence-electron chi connectivity index (χ2n) is 5.12.